The Labute approximate surface area is 112 Å². The quantitative estimate of drug-likeness (QED) is 0.559. The number of anilines is 1. The maximum absolute atomic E-state index is 9.78. The minimum atomic E-state index is -0.735. The molecule has 3 atom stereocenters. The van der Waals surface area contributed by atoms with E-state index in [-0.39, 0.29) is 6.61 Å². The molecule has 3 rings (SSSR count). The zero-order chi connectivity index (χ0) is 13.6. The fourth-order valence-electron chi connectivity index (χ4n) is 2.26. The molecule has 3 unspecified atom stereocenters. The van der Waals surface area contributed by atoms with E-state index >= 15 is 0 Å². The Hall–Kier alpha value is -1.55. The molecular weight excluding hydrogens is 270 g/mol. The van der Waals surface area contributed by atoms with E-state index in [4.69, 9.17) is 27.8 Å². The lowest BCUT2D eigenvalue weighted by Crippen LogP contribution is -2.24. The van der Waals surface area contributed by atoms with Crippen LogP contribution in [0.4, 0.5) is 5.82 Å². The maximum Gasteiger partial charge on any atom is 0.181 e. The van der Waals surface area contributed by atoms with Crippen LogP contribution in [0.3, 0.4) is 0 Å². The third-order valence-electron chi connectivity index (χ3n) is 3.21. The van der Waals surface area contributed by atoms with Crippen molar-refractivity contribution < 1.29 is 14.9 Å². The predicted octanol–water partition coefficient (Wildman–Crippen LogP) is -0.288. The number of aliphatic hydroxyl groups is 2. The highest BCUT2D eigenvalue weighted by molar-refractivity contribution is 7.71. The Bertz CT molecular complexity index is 669. The molecule has 102 valence electrons. The van der Waals surface area contributed by atoms with Gasteiger partial charge >= 0.3 is 0 Å². The minimum absolute atomic E-state index is 0.246. The molecule has 0 saturated carbocycles. The summed E-state index contributed by atoms with van der Waals surface area (Å²) in [7, 11) is 0. The molecule has 0 amide bonds. The van der Waals surface area contributed by atoms with Gasteiger partial charge in [-0.1, -0.05) is 0 Å². The van der Waals surface area contributed by atoms with Gasteiger partial charge < -0.3 is 25.7 Å². The zero-order valence-corrected chi connectivity index (χ0v) is 10.7. The molecule has 1 aliphatic rings. The summed E-state index contributed by atoms with van der Waals surface area (Å²) in [4.78, 5) is 10.9. The summed E-state index contributed by atoms with van der Waals surface area (Å²) in [5.41, 5.74) is 6.81. The van der Waals surface area contributed by atoms with Gasteiger partial charge in [0.1, 0.15) is 24.2 Å². The number of H-pyrrole nitrogens is 1. The molecule has 0 spiro atoms. The molecule has 3 heterocycles. The second kappa shape index (κ2) is 4.53. The Morgan fingerprint density at radius 2 is 2.37 bits per heavy atom. The number of rotatable bonds is 2. The topological polar surface area (TPSA) is 122 Å². The van der Waals surface area contributed by atoms with E-state index in [1.54, 1.807) is 4.57 Å². The second-order valence-corrected chi connectivity index (χ2v) is 4.76. The summed E-state index contributed by atoms with van der Waals surface area (Å²) in [6.45, 7) is -0.246. The van der Waals surface area contributed by atoms with Crippen LogP contribution in [0, 0.1) is 4.77 Å². The van der Waals surface area contributed by atoms with E-state index in [1.807, 2.05) is 0 Å². The van der Waals surface area contributed by atoms with Gasteiger partial charge in [-0.2, -0.15) is 0 Å². The van der Waals surface area contributed by atoms with Crippen LogP contribution in [0.5, 0.6) is 0 Å². The van der Waals surface area contributed by atoms with Crippen LogP contribution in [-0.4, -0.2) is 48.5 Å². The number of imidazole rings is 1. The molecule has 5 N–H and O–H groups in total. The highest BCUT2D eigenvalue weighted by Gasteiger charge is 2.35. The van der Waals surface area contributed by atoms with E-state index in [9.17, 15) is 5.11 Å². The molecular formula is C10H13N5O3S. The molecule has 1 fully saturated rings. The number of aliphatic hydroxyl groups excluding tert-OH is 2. The van der Waals surface area contributed by atoms with Gasteiger partial charge in [0, 0.05) is 6.42 Å². The van der Waals surface area contributed by atoms with Crippen molar-refractivity contribution in [2.45, 2.75) is 24.9 Å². The van der Waals surface area contributed by atoms with Crippen molar-refractivity contribution in [3.05, 3.63) is 11.1 Å². The fraction of sp³-hybridized carbons (Fsp3) is 0.500. The third-order valence-corrected chi connectivity index (χ3v) is 3.51. The second-order valence-electron chi connectivity index (χ2n) is 4.37. The maximum atomic E-state index is 9.78. The van der Waals surface area contributed by atoms with Gasteiger partial charge in [-0.05, 0) is 12.2 Å². The van der Waals surface area contributed by atoms with Gasteiger partial charge in [0.2, 0.25) is 0 Å². The number of nitrogen functional groups attached to an aromatic ring is 1. The predicted molar refractivity (Wildman–Crippen MR) is 68.7 cm³/mol. The first-order valence-electron chi connectivity index (χ1n) is 5.77. The van der Waals surface area contributed by atoms with Gasteiger partial charge in [0.25, 0.3) is 0 Å². The van der Waals surface area contributed by atoms with Crippen LogP contribution in [0.1, 0.15) is 12.6 Å². The Balaban J connectivity index is 2.09. The first-order chi connectivity index (χ1) is 9.11. The van der Waals surface area contributed by atoms with Gasteiger partial charge in [0.05, 0.1) is 12.7 Å². The Morgan fingerprint density at radius 3 is 3.05 bits per heavy atom. The molecule has 9 heteroatoms. The number of hydrogen-bond donors (Lipinski definition) is 4. The van der Waals surface area contributed by atoms with Crippen molar-refractivity contribution in [2.24, 2.45) is 0 Å². The SMILES string of the molecule is Nc1ncnc2c1[nH]c(=S)n2C1CC(O)C(CO)O1. The monoisotopic (exact) mass is 283 g/mol. The van der Waals surface area contributed by atoms with Gasteiger partial charge in [-0.3, -0.25) is 4.57 Å². The minimum Gasteiger partial charge on any atom is -0.394 e. The van der Waals surface area contributed by atoms with Crippen molar-refractivity contribution in [3.63, 3.8) is 0 Å². The first-order valence-corrected chi connectivity index (χ1v) is 6.17. The molecule has 0 aliphatic carbocycles. The van der Waals surface area contributed by atoms with Crippen molar-refractivity contribution in [3.8, 4) is 0 Å². The average Bonchev–Trinajstić information content (AvgIpc) is 2.90. The molecule has 2 aromatic rings. The van der Waals surface area contributed by atoms with Crippen molar-refractivity contribution in [1.29, 1.82) is 0 Å². The van der Waals surface area contributed by atoms with E-state index in [1.165, 1.54) is 6.33 Å². The highest BCUT2D eigenvalue weighted by Crippen LogP contribution is 2.31. The van der Waals surface area contributed by atoms with Crippen LogP contribution >= 0.6 is 12.2 Å². The number of nitrogens with one attached hydrogen (secondary N) is 1. The lowest BCUT2D eigenvalue weighted by atomic mass is 10.2. The Morgan fingerprint density at radius 1 is 1.58 bits per heavy atom. The number of nitrogens with zero attached hydrogens (tertiary/aromatic N) is 3. The fourth-order valence-corrected chi connectivity index (χ4v) is 2.57. The number of hydrogen-bond acceptors (Lipinski definition) is 7. The lowest BCUT2D eigenvalue weighted by molar-refractivity contribution is -0.0436. The number of aromatic amines is 1. The van der Waals surface area contributed by atoms with Crippen LogP contribution in [0.25, 0.3) is 11.2 Å². The average molecular weight is 283 g/mol. The first kappa shape index (κ1) is 12.5. The molecule has 0 bridgehead atoms. The summed E-state index contributed by atoms with van der Waals surface area (Å²) in [6.07, 6.45) is -0.165. The van der Waals surface area contributed by atoms with E-state index in [0.717, 1.165) is 0 Å². The van der Waals surface area contributed by atoms with Crippen LogP contribution in [-0.2, 0) is 4.74 Å². The standard InChI is InChI=1S/C10H13N5O3S/c11-8-7-9(13-3-12-8)15(10(19)14-7)6-1-4(17)5(2-16)18-6/h3-6,16-17H,1-2H2,(H,14,19)(H2,11,12,13). The van der Waals surface area contributed by atoms with Gasteiger partial charge in [0.15, 0.2) is 16.2 Å². The Kier molecular flexibility index (Phi) is 2.97. The molecule has 2 aromatic heterocycles. The number of aromatic nitrogens is 4. The molecule has 0 aromatic carbocycles. The van der Waals surface area contributed by atoms with Gasteiger partial charge in [-0.15, -0.1) is 0 Å². The third kappa shape index (κ3) is 1.91. The lowest BCUT2D eigenvalue weighted by Gasteiger charge is -2.13. The smallest absolute Gasteiger partial charge is 0.181 e. The van der Waals surface area contributed by atoms with Crippen LogP contribution in [0.15, 0.2) is 6.33 Å². The molecule has 0 radical (unpaired) electrons. The summed E-state index contributed by atoms with van der Waals surface area (Å²) < 4.78 is 7.60. The number of nitrogens with two attached hydrogens (primary N) is 1. The van der Waals surface area contributed by atoms with Crippen LogP contribution in [0.2, 0.25) is 0 Å². The summed E-state index contributed by atoms with van der Waals surface area (Å²) >= 11 is 5.22. The zero-order valence-electron chi connectivity index (χ0n) is 9.85. The summed E-state index contributed by atoms with van der Waals surface area (Å²) in [5.74, 6) is 0.298. The summed E-state index contributed by atoms with van der Waals surface area (Å²) in [5, 5.41) is 18.9. The van der Waals surface area contributed by atoms with Crippen molar-refractivity contribution >= 4 is 29.2 Å². The van der Waals surface area contributed by atoms with E-state index in [2.05, 4.69) is 15.0 Å². The normalized spacial score (nSPS) is 27.2. The molecule has 8 nitrogen and oxygen atoms in total. The molecule has 1 saturated heterocycles. The van der Waals surface area contributed by atoms with Crippen molar-refractivity contribution in [2.75, 3.05) is 12.3 Å². The van der Waals surface area contributed by atoms with Gasteiger partial charge in [-0.25, -0.2) is 9.97 Å². The molecule has 19 heavy (non-hydrogen) atoms. The summed E-state index contributed by atoms with van der Waals surface area (Å²) in [6, 6.07) is 0. The number of fused-ring (bicyclic) bond motifs is 1. The largest absolute Gasteiger partial charge is 0.394 e. The van der Waals surface area contributed by atoms with Crippen LogP contribution < -0.4 is 5.73 Å². The van der Waals surface area contributed by atoms with E-state index < -0.39 is 18.4 Å². The number of ether oxygens (including phenoxy) is 1. The molecule has 1 aliphatic heterocycles. The van der Waals surface area contributed by atoms with E-state index in [0.29, 0.717) is 28.2 Å². The van der Waals surface area contributed by atoms with Crippen molar-refractivity contribution in [1.82, 2.24) is 19.5 Å². The highest BCUT2D eigenvalue weighted by atomic mass is 32.1.